The van der Waals surface area contributed by atoms with Gasteiger partial charge in [0.1, 0.15) is 7.85 Å². The SMILES string of the molecule is CC.CC.[B]c1cc(CC2=CC=CC3C(c4ccc(OC)c(F)c4)=CN=C23)ccc1C(=O)C1CCC(CCCC)CC1. The van der Waals surface area contributed by atoms with Crippen LogP contribution in [0, 0.1) is 23.6 Å². The molecule has 1 aliphatic heterocycles. The highest BCUT2D eigenvalue weighted by atomic mass is 19.1. The third kappa shape index (κ3) is 7.79. The Morgan fingerprint density at radius 1 is 1.05 bits per heavy atom. The lowest BCUT2D eigenvalue weighted by molar-refractivity contribution is 0.0870. The molecular weight excluding hydrogens is 520 g/mol. The molecule has 2 aromatic rings. The number of carbonyl (C=O) groups is 1. The zero-order chi connectivity index (χ0) is 30.6. The molecule has 0 saturated heterocycles. The second kappa shape index (κ2) is 16.4. The Kier molecular flexibility index (Phi) is 13.0. The van der Waals surface area contributed by atoms with E-state index in [2.05, 4.69) is 19.1 Å². The van der Waals surface area contributed by atoms with Crippen LogP contribution >= 0.6 is 0 Å². The second-order valence-corrected chi connectivity index (χ2v) is 10.8. The molecule has 222 valence electrons. The van der Waals surface area contributed by atoms with Crippen LogP contribution in [0.1, 0.15) is 101 Å². The third-order valence-corrected chi connectivity index (χ3v) is 8.35. The standard InChI is InChI=1S/C33H35BFNO2.2C2H6/c1-3-4-6-21-9-12-23(13-10-21)33(37)27-15-11-22(18-29(27)34)17-25-7-5-8-26-28(20-36-32(25)26)24-14-16-31(38-2)30(35)19-24;2*1-2/h5,7-8,11,14-16,18-21,23,26H,3-4,6,9-10,12-13,17H2,1-2H3;2*1-2H3. The molecule has 5 rings (SSSR count). The summed E-state index contributed by atoms with van der Waals surface area (Å²) in [5, 5.41) is 0. The summed E-state index contributed by atoms with van der Waals surface area (Å²) >= 11 is 0. The summed E-state index contributed by atoms with van der Waals surface area (Å²) in [5.74, 6) is 0.889. The van der Waals surface area contributed by atoms with Crippen molar-refractivity contribution in [2.75, 3.05) is 7.11 Å². The molecule has 42 heavy (non-hydrogen) atoms. The number of benzene rings is 2. The van der Waals surface area contributed by atoms with Crippen molar-refractivity contribution in [1.82, 2.24) is 0 Å². The van der Waals surface area contributed by atoms with E-state index in [-0.39, 0.29) is 29.2 Å². The first-order valence-electron chi connectivity index (χ1n) is 15.9. The van der Waals surface area contributed by atoms with Gasteiger partial charge in [0.05, 0.1) is 12.8 Å². The number of hydrogen-bond donors (Lipinski definition) is 0. The van der Waals surface area contributed by atoms with E-state index in [4.69, 9.17) is 17.6 Å². The van der Waals surface area contributed by atoms with Crippen LogP contribution in [0.3, 0.4) is 0 Å². The van der Waals surface area contributed by atoms with Crippen molar-refractivity contribution in [2.45, 2.75) is 86.0 Å². The summed E-state index contributed by atoms with van der Waals surface area (Å²) in [4.78, 5) is 18.0. The summed E-state index contributed by atoms with van der Waals surface area (Å²) in [5.41, 5.74) is 6.10. The number of fused-ring (bicyclic) bond motifs is 1. The van der Waals surface area contributed by atoms with E-state index in [9.17, 15) is 9.18 Å². The number of ketones is 1. The van der Waals surface area contributed by atoms with Crippen molar-refractivity contribution in [1.29, 1.82) is 0 Å². The minimum Gasteiger partial charge on any atom is -0.494 e. The Hall–Kier alpha value is -3.21. The number of halogens is 1. The van der Waals surface area contributed by atoms with Crippen molar-refractivity contribution in [3.8, 4) is 5.75 Å². The van der Waals surface area contributed by atoms with Gasteiger partial charge in [-0.3, -0.25) is 9.79 Å². The van der Waals surface area contributed by atoms with Crippen LogP contribution in [0.15, 0.2) is 71.4 Å². The molecule has 5 heteroatoms. The molecule has 3 nitrogen and oxygen atoms in total. The maximum absolute atomic E-state index is 14.3. The van der Waals surface area contributed by atoms with Gasteiger partial charge >= 0.3 is 0 Å². The molecule has 1 heterocycles. The number of hydrogen-bond acceptors (Lipinski definition) is 3. The fraction of sp³-hybridized carbons (Fsp3) is 0.459. The fourth-order valence-electron chi connectivity index (χ4n) is 6.13. The van der Waals surface area contributed by atoms with Gasteiger partial charge in [-0.25, -0.2) is 4.39 Å². The molecule has 2 radical (unpaired) electrons. The van der Waals surface area contributed by atoms with Crippen LogP contribution in [-0.4, -0.2) is 26.5 Å². The zero-order valence-corrected chi connectivity index (χ0v) is 26.4. The first-order chi connectivity index (χ1) is 20.5. The quantitative estimate of drug-likeness (QED) is 0.224. The number of nitrogens with zero attached hydrogens (tertiary/aromatic N) is 1. The molecule has 0 bridgehead atoms. The average molecular weight is 568 g/mol. The number of ether oxygens (including phenoxy) is 1. The van der Waals surface area contributed by atoms with Gasteiger partial charge in [0, 0.05) is 23.6 Å². The van der Waals surface area contributed by atoms with Crippen LogP contribution in [-0.2, 0) is 6.42 Å². The van der Waals surface area contributed by atoms with Gasteiger partial charge in [0.15, 0.2) is 17.3 Å². The van der Waals surface area contributed by atoms with E-state index in [0.717, 1.165) is 59.6 Å². The van der Waals surface area contributed by atoms with E-state index >= 15 is 0 Å². The normalized spacial score (nSPS) is 20.5. The first-order valence-corrected chi connectivity index (χ1v) is 15.9. The number of rotatable bonds is 9. The van der Waals surface area contributed by atoms with Crippen LogP contribution in [0.25, 0.3) is 5.57 Å². The molecule has 1 unspecified atom stereocenters. The summed E-state index contributed by atoms with van der Waals surface area (Å²) in [7, 11) is 7.89. The second-order valence-electron chi connectivity index (χ2n) is 10.8. The van der Waals surface area contributed by atoms with Gasteiger partial charge in [-0.1, -0.05) is 102 Å². The molecule has 0 aromatic heterocycles. The van der Waals surface area contributed by atoms with Crippen LogP contribution < -0.4 is 10.2 Å². The minimum atomic E-state index is -0.385. The molecule has 0 N–H and O–H groups in total. The van der Waals surface area contributed by atoms with Crippen molar-refractivity contribution in [3.05, 3.63) is 88.9 Å². The van der Waals surface area contributed by atoms with E-state index < -0.39 is 0 Å². The minimum absolute atomic E-state index is 0.0200. The monoisotopic (exact) mass is 567 g/mol. The Morgan fingerprint density at radius 2 is 1.79 bits per heavy atom. The van der Waals surface area contributed by atoms with Gasteiger partial charge < -0.3 is 4.74 Å². The van der Waals surface area contributed by atoms with Gasteiger partial charge in [-0.2, -0.15) is 0 Å². The highest BCUT2D eigenvalue weighted by Crippen LogP contribution is 2.37. The van der Waals surface area contributed by atoms with Crippen molar-refractivity contribution >= 4 is 30.4 Å². The molecule has 0 spiro atoms. The number of methoxy groups -OCH3 is 1. The number of unbranched alkanes of at least 4 members (excludes halogenated alkanes) is 1. The van der Waals surface area contributed by atoms with Crippen LogP contribution in [0.5, 0.6) is 5.75 Å². The summed E-state index contributed by atoms with van der Waals surface area (Å²) in [6.45, 7) is 10.2. The maximum Gasteiger partial charge on any atom is 0.165 e. The molecular formula is C37H47BFNO2. The highest BCUT2D eigenvalue weighted by Gasteiger charge is 2.30. The number of aliphatic imine (C=N–C) groups is 1. The Labute approximate surface area is 254 Å². The lowest BCUT2D eigenvalue weighted by Gasteiger charge is -2.28. The first kappa shape index (κ1) is 33.3. The van der Waals surface area contributed by atoms with Crippen molar-refractivity contribution in [3.63, 3.8) is 0 Å². The number of allylic oxidation sites excluding steroid dienone is 5. The highest BCUT2D eigenvalue weighted by molar-refractivity contribution is 6.36. The molecule has 2 aliphatic carbocycles. The molecule has 1 atom stereocenters. The molecule has 1 saturated carbocycles. The van der Waals surface area contributed by atoms with E-state index in [1.165, 1.54) is 32.4 Å². The zero-order valence-electron chi connectivity index (χ0n) is 26.4. The lowest BCUT2D eigenvalue weighted by atomic mass is 9.75. The van der Waals surface area contributed by atoms with Gasteiger partial charge in [-0.05, 0) is 72.4 Å². The predicted molar refractivity (Wildman–Crippen MR) is 177 cm³/mol. The smallest absolute Gasteiger partial charge is 0.165 e. The Balaban J connectivity index is 0.00000116. The fourth-order valence-corrected chi connectivity index (χ4v) is 6.13. The van der Waals surface area contributed by atoms with Crippen LogP contribution in [0.2, 0.25) is 0 Å². The Bertz CT molecular complexity index is 1330. The van der Waals surface area contributed by atoms with Crippen LogP contribution in [0.4, 0.5) is 4.39 Å². The largest absolute Gasteiger partial charge is 0.494 e. The summed E-state index contributed by atoms with van der Waals surface area (Å²) in [6.07, 6.45) is 16.8. The van der Waals surface area contributed by atoms with Gasteiger partial charge in [0.2, 0.25) is 0 Å². The molecule has 2 aromatic carbocycles. The van der Waals surface area contributed by atoms with E-state index in [0.29, 0.717) is 17.4 Å². The molecule has 1 fully saturated rings. The van der Waals surface area contributed by atoms with E-state index in [1.807, 2.05) is 64.2 Å². The van der Waals surface area contributed by atoms with Crippen molar-refractivity contribution in [2.24, 2.45) is 22.7 Å². The topological polar surface area (TPSA) is 38.7 Å². The van der Waals surface area contributed by atoms with E-state index in [1.54, 1.807) is 6.07 Å². The van der Waals surface area contributed by atoms with Gasteiger partial charge in [-0.15, -0.1) is 0 Å². The molecule has 0 amide bonds. The Morgan fingerprint density at radius 3 is 2.43 bits per heavy atom. The molecule has 3 aliphatic rings. The maximum atomic E-state index is 14.3. The summed E-state index contributed by atoms with van der Waals surface area (Å²) < 4.78 is 19.4. The van der Waals surface area contributed by atoms with Crippen molar-refractivity contribution < 1.29 is 13.9 Å². The van der Waals surface area contributed by atoms with Gasteiger partial charge in [0.25, 0.3) is 0 Å². The predicted octanol–water partition coefficient (Wildman–Crippen LogP) is 9.01. The summed E-state index contributed by atoms with van der Waals surface area (Å²) in [6, 6.07) is 10.9. The number of carbonyl (C=O) groups excluding carboxylic acids is 1. The number of Topliss-reactive ketones (excluding diaryl/α,β-unsaturated/α-hetero) is 1. The average Bonchev–Trinajstić information content (AvgIpc) is 3.47. The lowest BCUT2D eigenvalue weighted by Crippen LogP contribution is -2.27. The third-order valence-electron chi connectivity index (χ3n) is 8.35.